The molecule has 0 aromatic heterocycles. The summed E-state index contributed by atoms with van der Waals surface area (Å²) >= 11 is 0. The molecule has 0 aliphatic carbocycles. The summed E-state index contributed by atoms with van der Waals surface area (Å²) in [5.74, 6) is -0.134. The van der Waals surface area contributed by atoms with Crippen molar-refractivity contribution in [1.82, 2.24) is 4.90 Å². The first-order chi connectivity index (χ1) is 6.83. The first-order valence-corrected chi connectivity index (χ1v) is 5.36. The molecule has 0 N–H and O–H groups in total. The van der Waals surface area contributed by atoms with E-state index in [1.54, 1.807) is 0 Å². The van der Waals surface area contributed by atoms with Gasteiger partial charge >= 0.3 is 5.97 Å². The Bertz CT molecular complexity index is 195. The third-order valence-electron chi connectivity index (χ3n) is 2.32. The second-order valence-electron chi connectivity index (χ2n) is 3.49. The molecule has 0 saturated carbocycles. The molecule has 0 aromatic rings. The topological polar surface area (TPSA) is 29.5 Å². The van der Waals surface area contributed by atoms with Gasteiger partial charge in [0.2, 0.25) is 0 Å². The maximum atomic E-state index is 11.0. The third-order valence-corrected chi connectivity index (χ3v) is 2.32. The summed E-state index contributed by atoms with van der Waals surface area (Å²) in [5, 5.41) is 0. The highest BCUT2D eigenvalue weighted by Gasteiger charge is 2.08. The molecule has 0 radical (unpaired) electrons. The van der Waals surface area contributed by atoms with Crippen LogP contribution in [0.2, 0.25) is 0 Å². The number of hydrogen-bond acceptors (Lipinski definition) is 3. The highest BCUT2D eigenvalue weighted by Crippen LogP contribution is 2.06. The lowest BCUT2D eigenvalue weighted by Gasteiger charge is -2.10. The van der Waals surface area contributed by atoms with E-state index in [-0.39, 0.29) is 5.97 Å². The van der Waals surface area contributed by atoms with Crippen molar-refractivity contribution in [2.45, 2.75) is 26.2 Å². The summed E-state index contributed by atoms with van der Waals surface area (Å²) in [4.78, 5) is 13.3. The molecule has 1 fully saturated rings. The molecular formula is C11H19NO2. The number of ether oxygens (including phenoxy) is 1. The Morgan fingerprint density at radius 3 is 2.71 bits per heavy atom. The lowest BCUT2D eigenvalue weighted by Crippen LogP contribution is -2.18. The number of carbonyl (C=O) groups excluding carboxylic acids is 1. The fourth-order valence-corrected chi connectivity index (χ4v) is 1.59. The number of carbonyl (C=O) groups is 1. The molecule has 0 atom stereocenters. The molecule has 3 nitrogen and oxygen atoms in total. The molecule has 1 rings (SSSR count). The van der Waals surface area contributed by atoms with E-state index in [0.29, 0.717) is 13.0 Å². The Balaban J connectivity index is 2.05. The van der Waals surface area contributed by atoms with Gasteiger partial charge in [0.1, 0.15) is 0 Å². The number of likely N-dealkylation sites (tertiary alicyclic amines) is 1. The van der Waals surface area contributed by atoms with Crippen LogP contribution in [0.5, 0.6) is 0 Å². The molecule has 0 amide bonds. The first-order valence-electron chi connectivity index (χ1n) is 5.36. The van der Waals surface area contributed by atoms with Gasteiger partial charge in [0.15, 0.2) is 0 Å². The van der Waals surface area contributed by atoms with Gasteiger partial charge in [-0.1, -0.05) is 12.2 Å². The predicted octanol–water partition coefficient (Wildman–Crippen LogP) is 1.59. The van der Waals surface area contributed by atoms with Gasteiger partial charge in [-0.15, -0.1) is 0 Å². The normalized spacial score (nSPS) is 17.8. The second kappa shape index (κ2) is 6.60. The van der Waals surface area contributed by atoms with Gasteiger partial charge in [-0.25, -0.2) is 0 Å². The van der Waals surface area contributed by atoms with Crippen LogP contribution in [-0.2, 0) is 9.53 Å². The Morgan fingerprint density at radius 1 is 1.36 bits per heavy atom. The number of esters is 1. The first kappa shape index (κ1) is 11.2. The average Bonchev–Trinajstić information content (AvgIpc) is 2.65. The molecule has 1 heterocycles. The zero-order valence-electron chi connectivity index (χ0n) is 8.87. The van der Waals surface area contributed by atoms with Gasteiger partial charge in [-0.3, -0.25) is 9.69 Å². The molecular weight excluding hydrogens is 178 g/mol. The average molecular weight is 197 g/mol. The molecule has 14 heavy (non-hydrogen) atoms. The summed E-state index contributed by atoms with van der Waals surface area (Å²) in [6, 6.07) is 0. The number of rotatable bonds is 5. The lowest BCUT2D eigenvalue weighted by atomic mass is 10.3. The Kier molecular flexibility index (Phi) is 5.30. The minimum Gasteiger partial charge on any atom is -0.466 e. The van der Waals surface area contributed by atoms with Crippen molar-refractivity contribution in [2.24, 2.45) is 0 Å². The van der Waals surface area contributed by atoms with Crippen molar-refractivity contribution >= 4 is 5.97 Å². The molecule has 80 valence electrons. The van der Waals surface area contributed by atoms with Crippen molar-refractivity contribution < 1.29 is 9.53 Å². The van der Waals surface area contributed by atoms with Gasteiger partial charge < -0.3 is 4.74 Å². The SMILES string of the molecule is CCOC(=O)C/C=C\CN1CCCC1. The molecule has 3 heteroatoms. The molecule has 1 saturated heterocycles. The van der Waals surface area contributed by atoms with Crippen molar-refractivity contribution in [1.29, 1.82) is 0 Å². The molecule has 0 unspecified atom stereocenters. The zero-order chi connectivity index (χ0) is 10.2. The Morgan fingerprint density at radius 2 is 2.07 bits per heavy atom. The van der Waals surface area contributed by atoms with E-state index >= 15 is 0 Å². The molecule has 1 aliphatic heterocycles. The van der Waals surface area contributed by atoms with Crippen LogP contribution in [0, 0.1) is 0 Å². The van der Waals surface area contributed by atoms with E-state index in [0.717, 1.165) is 6.54 Å². The maximum Gasteiger partial charge on any atom is 0.309 e. The summed E-state index contributed by atoms with van der Waals surface area (Å²) < 4.78 is 4.81. The van der Waals surface area contributed by atoms with Crippen LogP contribution in [-0.4, -0.2) is 37.1 Å². The van der Waals surface area contributed by atoms with E-state index < -0.39 is 0 Å². The summed E-state index contributed by atoms with van der Waals surface area (Å²) in [7, 11) is 0. The summed E-state index contributed by atoms with van der Waals surface area (Å²) in [6.07, 6.45) is 6.98. The van der Waals surface area contributed by atoms with Crippen LogP contribution in [0.4, 0.5) is 0 Å². The van der Waals surface area contributed by atoms with Crippen LogP contribution < -0.4 is 0 Å². The number of nitrogens with zero attached hydrogens (tertiary/aromatic N) is 1. The van der Waals surface area contributed by atoms with E-state index in [1.807, 2.05) is 13.0 Å². The van der Waals surface area contributed by atoms with Crippen LogP contribution in [0.3, 0.4) is 0 Å². The number of hydrogen-bond donors (Lipinski definition) is 0. The van der Waals surface area contributed by atoms with Crippen molar-refractivity contribution in [3.63, 3.8) is 0 Å². The van der Waals surface area contributed by atoms with Crippen LogP contribution in [0.1, 0.15) is 26.2 Å². The van der Waals surface area contributed by atoms with Crippen molar-refractivity contribution in [3.05, 3.63) is 12.2 Å². The standard InChI is InChI=1S/C11H19NO2/c1-2-14-11(13)7-3-4-8-12-9-5-6-10-12/h3-4H,2,5-10H2,1H3/b4-3-. The Hall–Kier alpha value is -0.830. The second-order valence-corrected chi connectivity index (χ2v) is 3.49. The third kappa shape index (κ3) is 4.42. The van der Waals surface area contributed by atoms with Crippen LogP contribution in [0.25, 0.3) is 0 Å². The quantitative estimate of drug-likeness (QED) is 0.495. The van der Waals surface area contributed by atoms with E-state index in [4.69, 9.17) is 4.74 Å². The highest BCUT2D eigenvalue weighted by atomic mass is 16.5. The van der Waals surface area contributed by atoms with E-state index in [9.17, 15) is 4.79 Å². The fourth-order valence-electron chi connectivity index (χ4n) is 1.59. The van der Waals surface area contributed by atoms with Gasteiger partial charge in [0, 0.05) is 6.54 Å². The highest BCUT2D eigenvalue weighted by molar-refractivity contribution is 5.71. The lowest BCUT2D eigenvalue weighted by molar-refractivity contribution is -0.142. The largest absolute Gasteiger partial charge is 0.466 e. The van der Waals surface area contributed by atoms with E-state index in [1.165, 1.54) is 25.9 Å². The molecule has 0 aromatic carbocycles. The van der Waals surface area contributed by atoms with Gasteiger partial charge in [-0.05, 0) is 32.9 Å². The monoisotopic (exact) mass is 197 g/mol. The van der Waals surface area contributed by atoms with Gasteiger partial charge in [-0.2, -0.15) is 0 Å². The minimum absolute atomic E-state index is 0.134. The summed E-state index contributed by atoms with van der Waals surface area (Å²) in [5.41, 5.74) is 0. The van der Waals surface area contributed by atoms with Crippen LogP contribution in [0.15, 0.2) is 12.2 Å². The van der Waals surface area contributed by atoms with Crippen LogP contribution >= 0.6 is 0 Å². The van der Waals surface area contributed by atoms with Crippen molar-refractivity contribution in [3.8, 4) is 0 Å². The minimum atomic E-state index is -0.134. The smallest absolute Gasteiger partial charge is 0.309 e. The fraction of sp³-hybridized carbons (Fsp3) is 0.727. The zero-order valence-corrected chi connectivity index (χ0v) is 8.87. The molecule has 0 spiro atoms. The van der Waals surface area contributed by atoms with Gasteiger partial charge in [0.05, 0.1) is 13.0 Å². The van der Waals surface area contributed by atoms with Gasteiger partial charge in [0.25, 0.3) is 0 Å². The van der Waals surface area contributed by atoms with Crippen molar-refractivity contribution in [2.75, 3.05) is 26.2 Å². The Labute approximate surface area is 85.7 Å². The molecule has 0 bridgehead atoms. The summed E-state index contributed by atoms with van der Waals surface area (Å²) in [6.45, 7) is 5.66. The predicted molar refractivity (Wildman–Crippen MR) is 56.1 cm³/mol. The maximum absolute atomic E-state index is 11.0. The molecule has 1 aliphatic rings. The van der Waals surface area contributed by atoms with E-state index in [2.05, 4.69) is 11.0 Å².